The second-order valence-electron chi connectivity index (χ2n) is 13.7. The molecule has 1 saturated heterocycles. The zero-order chi connectivity index (χ0) is 32.6. The lowest BCUT2D eigenvalue weighted by Gasteiger charge is -2.38. The Kier molecular flexibility index (Phi) is 7.16. The van der Waals surface area contributed by atoms with Gasteiger partial charge in [0.05, 0.1) is 27.5 Å². The Morgan fingerprint density at radius 1 is 0.894 bits per heavy atom. The molecule has 47 heavy (non-hydrogen) atoms. The van der Waals surface area contributed by atoms with Crippen LogP contribution in [-0.4, -0.2) is 56.5 Å². The summed E-state index contributed by atoms with van der Waals surface area (Å²) in [6, 6.07) is 13.4. The smallest absolute Gasteiger partial charge is 0.283 e. The molecule has 2 fully saturated rings. The van der Waals surface area contributed by atoms with Crippen LogP contribution >= 0.6 is 0 Å². The Hall–Kier alpha value is -4.25. The van der Waals surface area contributed by atoms with E-state index in [4.69, 9.17) is 15.1 Å². The molecule has 11 heteroatoms. The number of nitrogens with zero attached hydrogens (tertiary/aromatic N) is 8. The van der Waals surface area contributed by atoms with Crippen molar-refractivity contribution in [2.24, 2.45) is 7.05 Å². The van der Waals surface area contributed by atoms with Crippen molar-refractivity contribution in [2.45, 2.75) is 89.6 Å². The van der Waals surface area contributed by atoms with Crippen LogP contribution < -0.4 is 9.80 Å². The predicted molar refractivity (Wildman–Crippen MR) is 185 cm³/mol. The molecule has 2 aromatic carbocycles. The Bertz CT molecular complexity index is 2130. The third kappa shape index (κ3) is 5.10. The van der Waals surface area contributed by atoms with Crippen LogP contribution in [-0.2, 0) is 30.0 Å². The topological polar surface area (TPSA) is 102 Å². The van der Waals surface area contributed by atoms with Crippen molar-refractivity contribution in [1.29, 1.82) is 0 Å². The van der Waals surface area contributed by atoms with Gasteiger partial charge >= 0.3 is 0 Å². The molecule has 8 rings (SSSR count). The fourth-order valence-electron chi connectivity index (χ4n) is 7.45. The van der Waals surface area contributed by atoms with Crippen LogP contribution in [0.3, 0.4) is 0 Å². The summed E-state index contributed by atoms with van der Waals surface area (Å²) < 4.78 is 30.9. The summed E-state index contributed by atoms with van der Waals surface area (Å²) in [5.74, 6) is 3.39. The maximum absolute atomic E-state index is 13.9. The number of rotatable bonds is 6. The molecule has 0 amide bonds. The van der Waals surface area contributed by atoms with Gasteiger partial charge in [0, 0.05) is 67.6 Å². The van der Waals surface area contributed by atoms with Crippen LogP contribution in [0.4, 0.5) is 11.6 Å². The van der Waals surface area contributed by atoms with E-state index in [0.29, 0.717) is 29.0 Å². The van der Waals surface area contributed by atoms with E-state index in [1.165, 1.54) is 34.6 Å². The number of aryl methyl sites for hydroxylation is 4. The summed E-state index contributed by atoms with van der Waals surface area (Å²) in [7, 11) is -1.86. The first kappa shape index (κ1) is 30.1. The van der Waals surface area contributed by atoms with Crippen LogP contribution in [0, 0.1) is 20.8 Å². The average molecular weight is 651 g/mol. The van der Waals surface area contributed by atoms with E-state index in [9.17, 15) is 8.42 Å². The highest BCUT2D eigenvalue weighted by Crippen LogP contribution is 2.42. The van der Waals surface area contributed by atoms with Crippen molar-refractivity contribution < 1.29 is 8.42 Å². The molecule has 5 heterocycles. The van der Waals surface area contributed by atoms with E-state index in [2.05, 4.69) is 34.9 Å². The van der Waals surface area contributed by atoms with Crippen molar-refractivity contribution >= 4 is 32.6 Å². The maximum atomic E-state index is 13.9. The van der Waals surface area contributed by atoms with Gasteiger partial charge in [-0.25, -0.2) is 9.97 Å². The van der Waals surface area contributed by atoms with Crippen molar-refractivity contribution in [3.05, 3.63) is 76.2 Å². The summed E-state index contributed by atoms with van der Waals surface area (Å²) in [5.41, 5.74) is 7.46. The molecule has 2 aliphatic heterocycles. The van der Waals surface area contributed by atoms with Crippen LogP contribution in [0.25, 0.3) is 22.3 Å². The van der Waals surface area contributed by atoms with Gasteiger partial charge in [-0.1, -0.05) is 23.8 Å². The second-order valence-corrected chi connectivity index (χ2v) is 15.5. The fraction of sp³-hybridized carbons (Fsp3) is 0.444. The van der Waals surface area contributed by atoms with Gasteiger partial charge in [-0.3, -0.25) is 4.68 Å². The zero-order valence-corrected chi connectivity index (χ0v) is 28.7. The van der Waals surface area contributed by atoms with E-state index in [1.807, 2.05) is 49.7 Å². The number of fused-ring (bicyclic) bond motifs is 2. The van der Waals surface area contributed by atoms with Gasteiger partial charge in [0.2, 0.25) is 0 Å². The number of anilines is 2. The molecule has 5 aromatic rings. The highest BCUT2D eigenvalue weighted by Gasteiger charge is 2.33. The molecule has 3 aromatic heterocycles. The molecule has 0 unspecified atom stereocenters. The molecule has 244 valence electrons. The third-order valence-electron chi connectivity index (χ3n) is 10.3. The lowest BCUT2D eigenvalue weighted by Crippen LogP contribution is -2.41. The van der Waals surface area contributed by atoms with Crippen LogP contribution in [0.15, 0.2) is 47.4 Å². The van der Waals surface area contributed by atoms with Gasteiger partial charge in [0.1, 0.15) is 11.6 Å². The molecule has 0 spiro atoms. The van der Waals surface area contributed by atoms with Crippen LogP contribution in [0.2, 0.25) is 0 Å². The van der Waals surface area contributed by atoms with Gasteiger partial charge in [-0.05, 0) is 83.6 Å². The Morgan fingerprint density at radius 2 is 1.68 bits per heavy atom. The van der Waals surface area contributed by atoms with Gasteiger partial charge in [0.25, 0.3) is 10.0 Å². The summed E-state index contributed by atoms with van der Waals surface area (Å²) in [5, 5.41) is 10.2. The molecule has 1 saturated carbocycles. The van der Waals surface area contributed by atoms with E-state index in [0.717, 1.165) is 78.3 Å². The van der Waals surface area contributed by atoms with Crippen LogP contribution in [0.1, 0.15) is 78.7 Å². The first-order valence-corrected chi connectivity index (χ1v) is 18.3. The minimum absolute atomic E-state index is 0.211. The molecule has 10 nitrogen and oxygen atoms in total. The first-order valence-electron chi connectivity index (χ1n) is 16.9. The van der Waals surface area contributed by atoms with E-state index < -0.39 is 10.0 Å². The second kappa shape index (κ2) is 11.2. The maximum Gasteiger partial charge on any atom is 0.283 e. The molecule has 0 radical (unpaired) electrons. The molecular formula is C36H42N8O2S. The summed E-state index contributed by atoms with van der Waals surface area (Å²) >= 11 is 0. The molecule has 1 atom stereocenters. The Balaban J connectivity index is 1.27. The standard InChI is InChI=1S/C36H42N8O2S/c1-22-9-14-27(15-10-22)47(45,46)44-31-16-11-23(2)33(34(31)25(4)39-44)35-37-29-17-19-42(32-20-30(26-12-13-26)40-41(32)5)21-28(29)36(38-35)43-18-7-6-8-24(43)3/h9-11,14-16,20,24,26H,6-8,12-13,17-19,21H2,1-5H3/t24-/m1/s1. The molecule has 3 aliphatic rings. The largest absolute Gasteiger partial charge is 0.354 e. The highest BCUT2D eigenvalue weighted by atomic mass is 32.2. The van der Waals surface area contributed by atoms with Crippen LogP contribution in [0.5, 0.6) is 0 Å². The van der Waals surface area contributed by atoms with Crippen molar-refractivity contribution in [3.63, 3.8) is 0 Å². The van der Waals surface area contributed by atoms with E-state index in [-0.39, 0.29) is 4.90 Å². The summed E-state index contributed by atoms with van der Waals surface area (Å²) in [6.07, 6.45) is 6.73. The molecule has 1 aliphatic carbocycles. The fourth-order valence-corrected chi connectivity index (χ4v) is 8.77. The summed E-state index contributed by atoms with van der Waals surface area (Å²) in [4.78, 5) is 15.8. The first-order chi connectivity index (χ1) is 22.6. The number of hydrogen-bond acceptors (Lipinski definition) is 8. The monoisotopic (exact) mass is 650 g/mol. The highest BCUT2D eigenvalue weighted by molar-refractivity contribution is 7.90. The summed E-state index contributed by atoms with van der Waals surface area (Å²) in [6.45, 7) is 10.7. The van der Waals surface area contributed by atoms with Gasteiger partial charge < -0.3 is 9.80 Å². The minimum atomic E-state index is -3.91. The third-order valence-corrected chi connectivity index (χ3v) is 11.9. The van der Waals surface area contributed by atoms with E-state index >= 15 is 0 Å². The van der Waals surface area contributed by atoms with Gasteiger partial charge in [0.15, 0.2) is 5.82 Å². The SMILES string of the molecule is Cc1ccc(S(=O)(=O)n2nc(C)c3c(-c4nc5c(c(N6CCCC[C@H]6C)n4)CN(c4cc(C6CC6)nn4C)CC5)c(C)ccc32)cc1. The van der Waals surface area contributed by atoms with Gasteiger partial charge in [-0.15, -0.1) is 0 Å². The number of hydrogen-bond donors (Lipinski definition) is 0. The normalized spacial score (nSPS) is 18.6. The number of aromatic nitrogens is 6. The van der Waals surface area contributed by atoms with Gasteiger partial charge in [-0.2, -0.15) is 22.7 Å². The Morgan fingerprint density at radius 3 is 2.43 bits per heavy atom. The van der Waals surface area contributed by atoms with E-state index in [1.54, 1.807) is 12.1 Å². The zero-order valence-electron chi connectivity index (χ0n) is 27.9. The molecule has 0 N–H and O–H groups in total. The minimum Gasteiger partial charge on any atom is -0.354 e. The lowest BCUT2D eigenvalue weighted by molar-refractivity contribution is 0.478. The number of piperidine rings is 1. The number of benzene rings is 2. The van der Waals surface area contributed by atoms with Crippen molar-refractivity contribution in [3.8, 4) is 11.4 Å². The van der Waals surface area contributed by atoms with Crippen molar-refractivity contribution in [1.82, 2.24) is 28.9 Å². The predicted octanol–water partition coefficient (Wildman–Crippen LogP) is 6.21. The molecule has 0 bridgehead atoms. The average Bonchev–Trinajstić information content (AvgIpc) is 3.75. The quantitative estimate of drug-likeness (QED) is 0.214. The molecular weight excluding hydrogens is 609 g/mol. The lowest BCUT2D eigenvalue weighted by atomic mass is 9.98. The Labute approximate surface area is 276 Å². The van der Waals surface area contributed by atoms with Crippen molar-refractivity contribution in [2.75, 3.05) is 22.9 Å².